The van der Waals surface area contributed by atoms with E-state index in [2.05, 4.69) is 13.0 Å². The lowest BCUT2D eigenvalue weighted by atomic mass is 9.96. The summed E-state index contributed by atoms with van der Waals surface area (Å²) in [5, 5.41) is 8.80. The molecule has 1 unspecified atom stereocenters. The third-order valence-corrected chi connectivity index (χ3v) is 3.96. The lowest BCUT2D eigenvalue weighted by molar-refractivity contribution is 0.490. The van der Waals surface area contributed by atoms with Crippen LogP contribution in [-0.2, 0) is 19.3 Å². The summed E-state index contributed by atoms with van der Waals surface area (Å²) in [6.45, 7) is 2.23. The topological polar surface area (TPSA) is 33.0 Å². The second-order valence-corrected chi connectivity index (χ2v) is 4.90. The van der Waals surface area contributed by atoms with Gasteiger partial charge in [-0.2, -0.15) is 0 Å². The minimum atomic E-state index is 0.546. The number of hydrogen-bond acceptors (Lipinski definition) is 2. The van der Waals surface area contributed by atoms with E-state index in [1.807, 2.05) is 6.26 Å². The van der Waals surface area contributed by atoms with Crippen molar-refractivity contribution in [1.82, 2.24) is 0 Å². The van der Waals surface area contributed by atoms with E-state index in [1.165, 1.54) is 35.1 Å². The summed E-state index contributed by atoms with van der Waals surface area (Å²) in [5.74, 6) is 1.45. The van der Waals surface area contributed by atoms with Gasteiger partial charge >= 0.3 is 0 Å². The van der Waals surface area contributed by atoms with Gasteiger partial charge in [0.25, 0.3) is 6.26 Å². The van der Waals surface area contributed by atoms with Crippen LogP contribution >= 0.6 is 0 Å². The number of nitrogens with zero attached hydrogens (tertiary/aromatic N) is 1. The van der Waals surface area contributed by atoms with Gasteiger partial charge in [0.05, 0.1) is 0 Å². The van der Waals surface area contributed by atoms with Crippen LogP contribution in [0.25, 0.3) is 0 Å². The second kappa shape index (κ2) is 3.52. The summed E-state index contributed by atoms with van der Waals surface area (Å²) in [5.41, 5.74) is 5.44. The van der Waals surface area contributed by atoms with Gasteiger partial charge in [-0.25, -0.2) is 0 Å². The van der Waals surface area contributed by atoms with Gasteiger partial charge in [-0.3, -0.25) is 0 Å². The third-order valence-electron chi connectivity index (χ3n) is 3.96. The number of aryl methyl sites for hydroxylation is 2. The number of ether oxygens (including phenoxy) is 1. The highest BCUT2D eigenvalue weighted by Gasteiger charge is 2.29. The van der Waals surface area contributed by atoms with E-state index in [-0.39, 0.29) is 0 Å². The molecule has 0 aromatic heterocycles. The summed E-state index contributed by atoms with van der Waals surface area (Å²) in [4.78, 5) is 0. The van der Waals surface area contributed by atoms with Crippen LogP contribution in [0.3, 0.4) is 0 Å². The summed E-state index contributed by atoms with van der Waals surface area (Å²) in [6.07, 6.45) is 7.63. The molecule has 1 aromatic carbocycles. The summed E-state index contributed by atoms with van der Waals surface area (Å²) in [7, 11) is 0. The maximum atomic E-state index is 8.80. The van der Waals surface area contributed by atoms with E-state index in [4.69, 9.17) is 10.00 Å². The number of hydrogen-bond donors (Lipinski definition) is 0. The van der Waals surface area contributed by atoms with Crippen LogP contribution in [0.5, 0.6) is 5.75 Å². The Morgan fingerprint density at radius 2 is 2.19 bits per heavy atom. The lowest BCUT2D eigenvalue weighted by Crippen LogP contribution is -1.99. The van der Waals surface area contributed by atoms with Crippen molar-refractivity contribution in [1.29, 1.82) is 5.26 Å². The standard InChI is InChI=1S/C14H15NO/c1-9-5-6-11-7-10-3-2-4-12(10)14(13(9)11)16-8-15/h7,9H,2-6H2,1H3. The van der Waals surface area contributed by atoms with Gasteiger partial charge in [-0.05, 0) is 54.7 Å². The van der Waals surface area contributed by atoms with Crippen LogP contribution in [0.4, 0.5) is 0 Å². The van der Waals surface area contributed by atoms with Crippen molar-refractivity contribution in [3.63, 3.8) is 0 Å². The van der Waals surface area contributed by atoms with Crippen LogP contribution in [0.15, 0.2) is 6.07 Å². The normalized spacial score (nSPS) is 21.4. The molecule has 2 aliphatic carbocycles. The zero-order chi connectivity index (χ0) is 11.1. The second-order valence-electron chi connectivity index (χ2n) is 4.90. The van der Waals surface area contributed by atoms with E-state index in [9.17, 15) is 0 Å². The van der Waals surface area contributed by atoms with E-state index in [0.29, 0.717) is 5.92 Å². The first-order valence-corrected chi connectivity index (χ1v) is 6.04. The molecule has 0 saturated heterocycles. The summed E-state index contributed by atoms with van der Waals surface area (Å²) in [6, 6.07) is 2.35. The molecule has 0 bridgehead atoms. The number of fused-ring (bicyclic) bond motifs is 2. The fourth-order valence-electron chi connectivity index (χ4n) is 3.21. The molecule has 0 N–H and O–H groups in total. The number of benzene rings is 1. The molecule has 1 aromatic rings. The summed E-state index contributed by atoms with van der Waals surface area (Å²) >= 11 is 0. The average Bonchev–Trinajstić information content (AvgIpc) is 2.86. The number of rotatable bonds is 1. The van der Waals surface area contributed by atoms with Crippen molar-refractivity contribution in [3.05, 3.63) is 28.3 Å². The SMILES string of the molecule is CC1CCc2cc3c(c(OC#N)c21)CCC3. The predicted octanol–water partition coefficient (Wildman–Crippen LogP) is 3.08. The lowest BCUT2D eigenvalue weighted by Gasteiger charge is -2.14. The fourth-order valence-corrected chi connectivity index (χ4v) is 3.21. The Bertz CT molecular complexity index is 484. The van der Waals surface area contributed by atoms with Crippen LogP contribution < -0.4 is 4.74 Å². The van der Waals surface area contributed by atoms with Crippen molar-refractivity contribution < 1.29 is 4.74 Å². The van der Waals surface area contributed by atoms with Gasteiger partial charge in [0.15, 0.2) is 0 Å². The molecule has 3 rings (SSSR count). The zero-order valence-corrected chi connectivity index (χ0v) is 9.55. The van der Waals surface area contributed by atoms with E-state index >= 15 is 0 Å². The molecular formula is C14H15NO. The van der Waals surface area contributed by atoms with E-state index in [0.717, 1.165) is 25.0 Å². The van der Waals surface area contributed by atoms with Crippen LogP contribution in [0.1, 0.15) is 47.9 Å². The van der Waals surface area contributed by atoms with Gasteiger partial charge in [-0.1, -0.05) is 13.0 Å². The Morgan fingerprint density at radius 1 is 1.31 bits per heavy atom. The summed E-state index contributed by atoms with van der Waals surface area (Å²) < 4.78 is 5.27. The Labute approximate surface area is 95.8 Å². The minimum absolute atomic E-state index is 0.546. The Hall–Kier alpha value is -1.49. The molecule has 16 heavy (non-hydrogen) atoms. The van der Waals surface area contributed by atoms with E-state index in [1.54, 1.807) is 0 Å². The average molecular weight is 213 g/mol. The van der Waals surface area contributed by atoms with Crippen LogP contribution in [-0.4, -0.2) is 0 Å². The van der Waals surface area contributed by atoms with Gasteiger partial charge in [0.2, 0.25) is 0 Å². The first-order chi connectivity index (χ1) is 7.81. The highest BCUT2D eigenvalue weighted by molar-refractivity contribution is 5.56. The molecule has 0 heterocycles. The highest BCUT2D eigenvalue weighted by atomic mass is 16.5. The van der Waals surface area contributed by atoms with E-state index < -0.39 is 0 Å². The maximum absolute atomic E-state index is 8.80. The monoisotopic (exact) mass is 213 g/mol. The van der Waals surface area contributed by atoms with Crippen molar-refractivity contribution in [2.75, 3.05) is 0 Å². The molecule has 2 aliphatic rings. The van der Waals surface area contributed by atoms with Crippen LogP contribution in [0, 0.1) is 11.5 Å². The molecular weight excluding hydrogens is 198 g/mol. The smallest absolute Gasteiger partial charge is 0.292 e. The maximum Gasteiger partial charge on any atom is 0.292 e. The Balaban J connectivity index is 2.23. The Kier molecular flexibility index (Phi) is 2.14. The quantitative estimate of drug-likeness (QED) is 0.671. The van der Waals surface area contributed by atoms with Gasteiger partial charge in [0, 0.05) is 5.56 Å². The first kappa shape index (κ1) is 9.72. The first-order valence-electron chi connectivity index (χ1n) is 6.04. The largest absolute Gasteiger partial charge is 0.387 e. The molecule has 0 saturated carbocycles. The van der Waals surface area contributed by atoms with Gasteiger partial charge < -0.3 is 4.74 Å². The molecule has 0 spiro atoms. The Morgan fingerprint density at radius 3 is 3.00 bits per heavy atom. The van der Waals surface area contributed by atoms with Crippen LogP contribution in [0.2, 0.25) is 0 Å². The zero-order valence-electron chi connectivity index (χ0n) is 9.55. The van der Waals surface area contributed by atoms with Gasteiger partial charge in [0.1, 0.15) is 5.75 Å². The van der Waals surface area contributed by atoms with Gasteiger partial charge in [-0.15, -0.1) is 5.26 Å². The molecule has 2 heteroatoms. The van der Waals surface area contributed by atoms with Crippen molar-refractivity contribution in [2.45, 2.75) is 44.9 Å². The molecule has 0 aliphatic heterocycles. The van der Waals surface area contributed by atoms with Crippen molar-refractivity contribution in [3.8, 4) is 12.0 Å². The third kappa shape index (κ3) is 1.24. The molecule has 0 fully saturated rings. The minimum Gasteiger partial charge on any atom is -0.387 e. The molecule has 0 amide bonds. The van der Waals surface area contributed by atoms with Crippen molar-refractivity contribution >= 4 is 0 Å². The highest BCUT2D eigenvalue weighted by Crippen LogP contribution is 2.45. The molecule has 0 radical (unpaired) electrons. The number of nitriles is 1. The fraction of sp³-hybridized carbons (Fsp3) is 0.500. The molecule has 1 atom stereocenters. The molecule has 2 nitrogen and oxygen atoms in total. The molecule has 82 valence electrons. The van der Waals surface area contributed by atoms with Crippen molar-refractivity contribution in [2.24, 2.45) is 0 Å². The predicted molar refractivity (Wildman–Crippen MR) is 61.4 cm³/mol.